The molecule has 0 aliphatic heterocycles. The minimum atomic E-state index is -4.32. The summed E-state index contributed by atoms with van der Waals surface area (Å²) in [5.74, 6) is -0.144. The summed E-state index contributed by atoms with van der Waals surface area (Å²) in [4.78, 5) is 23.3. The van der Waals surface area contributed by atoms with E-state index in [1.54, 1.807) is 0 Å². The average Bonchev–Trinajstić information content (AvgIpc) is 3.21. The number of hydrogen-bond acceptors (Lipinski definition) is 5. The molecular weight excluding hydrogens is 780 g/mol. The van der Waals surface area contributed by atoms with Gasteiger partial charge in [-0.3, -0.25) is 13.8 Å². The Morgan fingerprint density at radius 3 is 1.26 bits per heavy atom. The lowest BCUT2D eigenvalue weighted by Crippen LogP contribution is -2.46. The zero-order chi connectivity index (χ0) is 45.0. The largest absolute Gasteiger partial charge is 0.472 e. The van der Waals surface area contributed by atoms with Crippen LogP contribution in [-0.4, -0.2) is 73.4 Å². The molecule has 0 aromatic heterocycles. The van der Waals surface area contributed by atoms with Gasteiger partial charge in [-0.1, -0.05) is 231 Å². The van der Waals surface area contributed by atoms with E-state index in [1.165, 1.54) is 199 Å². The van der Waals surface area contributed by atoms with Gasteiger partial charge < -0.3 is 19.8 Å². The predicted molar refractivity (Wildman–Crippen MR) is 263 cm³/mol. The number of nitrogens with zero attached hydrogens (tertiary/aromatic N) is 1. The first-order valence-corrected chi connectivity index (χ1v) is 28.0. The Labute approximate surface area is 380 Å². The van der Waals surface area contributed by atoms with E-state index in [0.717, 1.165) is 38.5 Å². The van der Waals surface area contributed by atoms with Gasteiger partial charge in [0.15, 0.2) is 0 Å². The number of hydrogen-bond donors (Lipinski definition) is 3. The molecule has 3 unspecified atom stereocenters. The lowest BCUT2D eigenvalue weighted by molar-refractivity contribution is -0.870. The highest BCUT2D eigenvalue weighted by atomic mass is 31.2. The van der Waals surface area contributed by atoms with Crippen molar-refractivity contribution in [3.8, 4) is 0 Å². The van der Waals surface area contributed by atoms with E-state index >= 15 is 0 Å². The fourth-order valence-corrected chi connectivity index (χ4v) is 8.78. The number of likely N-dealkylation sites (N-methyl/N-ethyl adjacent to an activating group) is 1. The number of carbonyl (C=O) groups is 1. The van der Waals surface area contributed by atoms with Crippen LogP contribution < -0.4 is 5.32 Å². The van der Waals surface area contributed by atoms with Gasteiger partial charge in [-0.05, 0) is 38.5 Å². The number of phosphoric acid groups is 1. The molecule has 0 fully saturated rings. The maximum atomic E-state index is 13.0. The number of quaternary nitrogens is 1. The van der Waals surface area contributed by atoms with Crippen LogP contribution in [0.25, 0.3) is 0 Å². The van der Waals surface area contributed by atoms with E-state index in [-0.39, 0.29) is 19.1 Å². The Kier molecular flexibility index (Phi) is 43.9. The van der Waals surface area contributed by atoms with Crippen molar-refractivity contribution >= 4 is 13.7 Å². The quantitative estimate of drug-likeness (QED) is 0.0243. The monoisotopic (exact) mass is 886 g/mol. The molecule has 0 aromatic carbocycles. The van der Waals surface area contributed by atoms with Crippen LogP contribution >= 0.6 is 7.82 Å². The van der Waals surface area contributed by atoms with Crippen molar-refractivity contribution in [3.05, 3.63) is 12.2 Å². The van der Waals surface area contributed by atoms with E-state index in [0.29, 0.717) is 23.9 Å². The van der Waals surface area contributed by atoms with Crippen LogP contribution in [0.4, 0.5) is 0 Å². The van der Waals surface area contributed by atoms with E-state index in [2.05, 4.69) is 31.3 Å². The summed E-state index contributed by atoms with van der Waals surface area (Å²) >= 11 is 0. The van der Waals surface area contributed by atoms with Gasteiger partial charge in [0.1, 0.15) is 13.2 Å². The molecule has 0 saturated carbocycles. The number of rotatable bonds is 49. The molecule has 0 saturated heterocycles. The molecule has 364 valence electrons. The van der Waals surface area contributed by atoms with Crippen molar-refractivity contribution in [1.82, 2.24) is 5.32 Å². The Hall–Kier alpha value is -0.760. The van der Waals surface area contributed by atoms with Crippen molar-refractivity contribution < 1.29 is 32.9 Å². The van der Waals surface area contributed by atoms with E-state index < -0.39 is 20.0 Å². The van der Waals surface area contributed by atoms with Gasteiger partial charge in [-0.15, -0.1) is 0 Å². The first-order chi connectivity index (χ1) is 29.5. The van der Waals surface area contributed by atoms with Crippen molar-refractivity contribution in [3.63, 3.8) is 0 Å². The van der Waals surface area contributed by atoms with Crippen LogP contribution in [0.15, 0.2) is 12.2 Å². The normalized spacial score (nSPS) is 14.1. The number of aliphatic hydroxyl groups excluding tert-OH is 1. The summed E-state index contributed by atoms with van der Waals surface area (Å²) in [6.07, 6.45) is 52.5. The molecule has 0 spiro atoms. The predicted octanol–water partition coefficient (Wildman–Crippen LogP) is 15.5. The highest BCUT2D eigenvalue weighted by Crippen LogP contribution is 2.43. The highest BCUT2D eigenvalue weighted by Gasteiger charge is 2.28. The number of carbonyl (C=O) groups excluding carboxylic acids is 1. The summed E-state index contributed by atoms with van der Waals surface area (Å²) in [5, 5.41) is 14.0. The molecular formula is C52H106N2O6P+. The molecule has 9 heteroatoms. The molecule has 0 aliphatic carbocycles. The molecule has 0 aliphatic rings. The van der Waals surface area contributed by atoms with Crippen LogP contribution in [0.3, 0.4) is 0 Å². The second kappa shape index (κ2) is 44.4. The maximum Gasteiger partial charge on any atom is 0.472 e. The number of allylic oxidation sites excluding steroid dienone is 2. The molecule has 61 heavy (non-hydrogen) atoms. The Bertz CT molecular complexity index is 1000. The van der Waals surface area contributed by atoms with Gasteiger partial charge in [-0.2, -0.15) is 0 Å². The Balaban J connectivity index is 4.18. The zero-order valence-electron chi connectivity index (χ0n) is 41.4. The summed E-state index contributed by atoms with van der Waals surface area (Å²) in [7, 11) is 1.62. The summed E-state index contributed by atoms with van der Waals surface area (Å²) in [6, 6.07) is -0.758. The van der Waals surface area contributed by atoms with Crippen molar-refractivity contribution in [2.24, 2.45) is 0 Å². The first kappa shape index (κ1) is 60.2. The fraction of sp³-hybridized carbons (Fsp3) is 0.942. The van der Waals surface area contributed by atoms with Crippen molar-refractivity contribution in [1.29, 1.82) is 0 Å². The minimum Gasteiger partial charge on any atom is -0.391 e. The number of unbranched alkanes of at least 4 members (excludes halogenated alkanes) is 34. The van der Waals surface area contributed by atoms with E-state index in [4.69, 9.17) is 9.05 Å². The number of amides is 1. The lowest BCUT2D eigenvalue weighted by atomic mass is 10.0. The minimum absolute atomic E-state index is 0.0763. The first-order valence-electron chi connectivity index (χ1n) is 26.6. The van der Waals surface area contributed by atoms with Gasteiger partial charge >= 0.3 is 7.82 Å². The summed E-state index contributed by atoms with van der Waals surface area (Å²) in [6.45, 7) is 4.92. The van der Waals surface area contributed by atoms with Gasteiger partial charge in [0.25, 0.3) is 0 Å². The Morgan fingerprint density at radius 2 is 0.885 bits per heavy atom. The van der Waals surface area contributed by atoms with Gasteiger partial charge in [0.2, 0.25) is 5.91 Å². The van der Waals surface area contributed by atoms with Gasteiger partial charge in [0.05, 0.1) is 39.9 Å². The molecule has 1 amide bonds. The topological polar surface area (TPSA) is 105 Å². The molecule has 0 aromatic rings. The maximum absolute atomic E-state index is 13.0. The molecule has 0 radical (unpaired) electrons. The molecule has 0 heterocycles. The van der Waals surface area contributed by atoms with Crippen LogP contribution in [-0.2, 0) is 18.4 Å². The van der Waals surface area contributed by atoms with Crippen molar-refractivity contribution in [2.45, 2.75) is 276 Å². The van der Waals surface area contributed by atoms with E-state index in [9.17, 15) is 19.4 Å². The third-order valence-corrected chi connectivity index (χ3v) is 13.2. The van der Waals surface area contributed by atoms with Crippen molar-refractivity contribution in [2.75, 3.05) is 40.9 Å². The number of aliphatic hydroxyl groups is 1. The molecule has 8 nitrogen and oxygen atoms in total. The van der Waals surface area contributed by atoms with Gasteiger partial charge in [0, 0.05) is 6.42 Å². The standard InChI is InChI=1S/C52H105N2O6P/c1-6-8-10-12-14-16-18-20-22-23-24-25-26-27-28-29-30-32-34-36-38-40-42-44-46-52(56)53-50(49-60-61(57,58)59-48-47-54(3,4)5)51(55)45-43-41-39-37-35-33-31-21-19-17-15-13-11-9-7-2/h27-28,50-51,55H,6-26,29-49H2,1-5H3,(H-,53,56,57,58)/p+1/b28-27-. The fourth-order valence-electron chi connectivity index (χ4n) is 8.04. The molecule has 0 bridgehead atoms. The summed E-state index contributed by atoms with van der Waals surface area (Å²) in [5.41, 5.74) is 0. The smallest absolute Gasteiger partial charge is 0.391 e. The lowest BCUT2D eigenvalue weighted by Gasteiger charge is -2.26. The SMILES string of the molecule is CCCCCCCCCCCCCC/C=C\CCCCCCCCCCC(=O)NC(COP(=O)(O)OCC[N+](C)(C)C)C(O)CCCCCCCCCCCCCCCCC. The third kappa shape index (κ3) is 47.0. The highest BCUT2D eigenvalue weighted by molar-refractivity contribution is 7.47. The molecule has 3 atom stereocenters. The van der Waals surface area contributed by atoms with Crippen LogP contribution in [0.2, 0.25) is 0 Å². The van der Waals surface area contributed by atoms with Crippen LogP contribution in [0.5, 0.6) is 0 Å². The Morgan fingerprint density at radius 1 is 0.541 bits per heavy atom. The number of phosphoric ester groups is 1. The van der Waals surface area contributed by atoms with Crippen LogP contribution in [0, 0.1) is 0 Å². The second-order valence-corrected chi connectivity index (χ2v) is 21.1. The summed E-state index contributed by atoms with van der Waals surface area (Å²) < 4.78 is 23.7. The van der Waals surface area contributed by atoms with Crippen LogP contribution in [0.1, 0.15) is 264 Å². The van der Waals surface area contributed by atoms with E-state index in [1.807, 2.05) is 21.1 Å². The molecule has 3 N–H and O–H groups in total. The second-order valence-electron chi connectivity index (χ2n) is 19.6. The zero-order valence-corrected chi connectivity index (χ0v) is 42.3. The average molecular weight is 886 g/mol. The molecule has 0 rings (SSSR count). The third-order valence-electron chi connectivity index (χ3n) is 12.3. The number of nitrogens with one attached hydrogen (secondary N) is 1. The van der Waals surface area contributed by atoms with Gasteiger partial charge in [-0.25, -0.2) is 4.57 Å².